The molecule has 0 spiro atoms. The van der Waals surface area contributed by atoms with Crippen LogP contribution in [0.2, 0.25) is 0 Å². The first-order valence-electron chi connectivity index (χ1n) is 5.47. The van der Waals surface area contributed by atoms with E-state index in [1.165, 1.54) is 0 Å². The van der Waals surface area contributed by atoms with Gasteiger partial charge in [0.05, 0.1) is 6.04 Å². The Kier molecular flexibility index (Phi) is 2.90. The van der Waals surface area contributed by atoms with Gasteiger partial charge in [-0.25, -0.2) is 0 Å². The smallest absolute Gasteiger partial charge is 0.234 e. The van der Waals surface area contributed by atoms with E-state index in [0.29, 0.717) is 12.3 Å². The highest BCUT2D eigenvalue weighted by Gasteiger charge is 2.32. The lowest BCUT2D eigenvalue weighted by atomic mass is 10.1. The third kappa shape index (κ3) is 2.28. The lowest BCUT2D eigenvalue weighted by Crippen LogP contribution is -2.42. The van der Waals surface area contributed by atoms with Gasteiger partial charge in [0.1, 0.15) is 0 Å². The first-order chi connectivity index (χ1) is 7.16. The number of nitrogens with one attached hydrogen (secondary N) is 1. The van der Waals surface area contributed by atoms with Gasteiger partial charge in [-0.1, -0.05) is 0 Å². The van der Waals surface area contributed by atoms with Crippen molar-refractivity contribution in [3.8, 4) is 0 Å². The summed E-state index contributed by atoms with van der Waals surface area (Å²) in [4.78, 5) is 24.3. The molecular weight excluding hydrogens is 194 g/mol. The number of amides is 2. The highest BCUT2D eigenvalue weighted by Crippen LogP contribution is 2.20. The van der Waals surface area contributed by atoms with Crippen LogP contribution in [0.25, 0.3) is 0 Å². The third-order valence-corrected chi connectivity index (χ3v) is 3.25. The zero-order valence-corrected chi connectivity index (χ0v) is 8.74. The summed E-state index contributed by atoms with van der Waals surface area (Å²) in [6.07, 6.45) is 2.48. The van der Waals surface area contributed by atoms with E-state index in [1.807, 2.05) is 0 Å². The largest absolute Gasteiger partial charge is 0.368 e. The summed E-state index contributed by atoms with van der Waals surface area (Å²) in [5.74, 6) is 0.233. The minimum Gasteiger partial charge on any atom is -0.368 e. The summed E-state index contributed by atoms with van der Waals surface area (Å²) in [6.45, 7) is 2.48. The molecule has 0 aromatic rings. The quantitative estimate of drug-likeness (QED) is 0.633. The van der Waals surface area contributed by atoms with Crippen LogP contribution in [-0.2, 0) is 9.59 Å². The monoisotopic (exact) mass is 211 g/mol. The lowest BCUT2D eigenvalue weighted by molar-refractivity contribution is -0.122. The summed E-state index contributed by atoms with van der Waals surface area (Å²) in [6, 6.07) is -0.110. The van der Waals surface area contributed by atoms with Crippen molar-refractivity contribution in [2.24, 2.45) is 11.7 Å². The van der Waals surface area contributed by atoms with Crippen LogP contribution in [0.3, 0.4) is 0 Å². The predicted octanol–water partition coefficient (Wildman–Crippen LogP) is -0.928. The molecule has 2 atom stereocenters. The second-order valence-corrected chi connectivity index (χ2v) is 4.43. The van der Waals surface area contributed by atoms with E-state index in [4.69, 9.17) is 5.73 Å². The highest BCUT2D eigenvalue weighted by molar-refractivity contribution is 5.80. The molecule has 3 N–H and O–H groups in total. The van der Waals surface area contributed by atoms with Gasteiger partial charge in [0.2, 0.25) is 11.8 Å². The molecule has 0 aromatic heterocycles. The van der Waals surface area contributed by atoms with Crippen LogP contribution in [0.15, 0.2) is 0 Å². The highest BCUT2D eigenvalue weighted by atomic mass is 16.2. The number of rotatable bonds is 3. The van der Waals surface area contributed by atoms with Gasteiger partial charge in [-0.05, 0) is 25.3 Å². The van der Waals surface area contributed by atoms with E-state index in [1.54, 1.807) is 0 Å². The van der Waals surface area contributed by atoms with Gasteiger partial charge in [0.25, 0.3) is 0 Å². The molecular formula is C10H17N3O2. The summed E-state index contributed by atoms with van der Waals surface area (Å²) in [5.41, 5.74) is 5.33. The van der Waals surface area contributed by atoms with Crippen molar-refractivity contribution >= 4 is 11.8 Å². The molecule has 2 saturated heterocycles. The van der Waals surface area contributed by atoms with Gasteiger partial charge in [0, 0.05) is 19.5 Å². The Bertz CT molecular complexity index is 280. The van der Waals surface area contributed by atoms with Gasteiger partial charge in [0.15, 0.2) is 0 Å². The molecule has 2 fully saturated rings. The molecule has 0 aromatic carbocycles. The average molecular weight is 211 g/mol. The Labute approximate surface area is 89.0 Å². The maximum Gasteiger partial charge on any atom is 0.234 e. The number of carbonyl (C=O) groups excluding carboxylic acids is 2. The van der Waals surface area contributed by atoms with Crippen LogP contribution in [0, 0.1) is 5.92 Å². The number of nitrogens with two attached hydrogens (primary N) is 1. The molecule has 0 unspecified atom stereocenters. The predicted molar refractivity (Wildman–Crippen MR) is 54.9 cm³/mol. The van der Waals surface area contributed by atoms with Crippen LogP contribution in [0.4, 0.5) is 0 Å². The number of hydrogen-bond acceptors (Lipinski definition) is 3. The van der Waals surface area contributed by atoms with Crippen molar-refractivity contribution in [2.75, 3.05) is 19.6 Å². The van der Waals surface area contributed by atoms with Crippen molar-refractivity contribution in [2.45, 2.75) is 25.3 Å². The summed E-state index contributed by atoms with van der Waals surface area (Å²) < 4.78 is 0. The topological polar surface area (TPSA) is 75.4 Å². The lowest BCUT2D eigenvalue weighted by Gasteiger charge is -2.24. The Hall–Kier alpha value is -1.10. The molecule has 5 nitrogen and oxygen atoms in total. The first-order valence-corrected chi connectivity index (χ1v) is 5.47. The minimum atomic E-state index is -0.232. The van der Waals surface area contributed by atoms with E-state index < -0.39 is 0 Å². The van der Waals surface area contributed by atoms with Crippen molar-refractivity contribution in [1.29, 1.82) is 0 Å². The van der Waals surface area contributed by atoms with E-state index in [0.717, 1.165) is 32.5 Å². The summed E-state index contributed by atoms with van der Waals surface area (Å²) in [5, 5.41) is 2.81. The molecule has 2 aliphatic rings. The molecule has 2 aliphatic heterocycles. The number of nitrogens with zero attached hydrogens (tertiary/aromatic N) is 1. The van der Waals surface area contributed by atoms with Crippen LogP contribution in [0.5, 0.6) is 0 Å². The van der Waals surface area contributed by atoms with Crippen molar-refractivity contribution < 1.29 is 9.59 Å². The normalized spacial score (nSPS) is 31.9. The number of hydrogen-bond donors (Lipinski definition) is 2. The molecule has 0 saturated carbocycles. The van der Waals surface area contributed by atoms with E-state index in [2.05, 4.69) is 10.2 Å². The molecule has 0 aliphatic carbocycles. The van der Waals surface area contributed by atoms with Gasteiger partial charge in [-0.3, -0.25) is 14.5 Å². The van der Waals surface area contributed by atoms with Crippen molar-refractivity contribution in [3.05, 3.63) is 0 Å². The molecule has 84 valence electrons. The van der Waals surface area contributed by atoms with Gasteiger partial charge in [-0.2, -0.15) is 0 Å². The second-order valence-electron chi connectivity index (χ2n) is 4.43. The fourth-order valence-electron chi connectivity index (χ4n) is 2.49. The van der Waals surface area contributed by atoms with E-state index in [-0.39, 0.29) is 17.9 Å². The first kappa shape index (κ1) is 10.4. The zero-order chi connectivity index (χ0) is 10.8. The Morgan fingerprint density at radius 1 is 1.60 bits per heavy atom. The molecule has 0 bridgehead atoms. The Balaban J connectivity index is 1.88. The maximum atomic E-state index is 11.1. The minimum absolute atomic E-state index is 0.110. The molecule has 0 radical (unpaired) electrons. The molecule has 2 amide bonds. The van der Waals surface area contributed by atoms with Crippen molar-refractivity contribution in [1.82, 2.24) is 10.2 Å². The molecule has 5 heteroatoms. The Morgan fingerprint density at radius 3 is 3.00 bits per heavy atom. The van der Waals surface area contributed by atoms with Crippen LogP contribution >= 0.6 is 0 Å². The number of likely N-dealkylation sites (tertiary alicyclic amines) is 1. The van der Waals surface area contributed by atoms with Gasteiger partial charge < -0.3 is 11.1 Å². The van der Waals surface area contributed by atoms with Crippen LogP contribution < -0.4 is 11.1 Å². The van der Waals surface area contributed by atoms with E-state index in [9.17, 15) is 9.59 Å². The number of primary amides is 1. The molecule has 15 heavy (non-hydrogen) atoms. The van der Waals surface area contributed by atoms with Gasteiger partial charge >= 0.3 is 0 Å². The summed E-state index contributed by atoms with van der Waals surface area (Å²) in [7, 11) is 0. The van der Waals surface area contributed by atoms with Crippen LogP contribution in [-0.4, -0.2) is 42.4 Å². The molecule has 2 rings (SSSR count). The van der Waals surface area contributed by atoms with Crippen molar-refractivity contribution in [3.63, 3.8) is 0 Å². The van der Waals surface area contributed by atoms with Gasteiger partial charge in [-0.15, -0.1) is 0 Å². The maximum absolute atomic E-state index is 11.1. The second kappa shape index (κ2) is 4.18. The average Bonchev–Trinajstić information content (AvgIpc) is 2.75. The fourth-order valence-corrected chi connectivity index (χ4v) is 2.49. The van der Waals surface area contributed by atoms with Crippen LogP contribution in [0.1, 0.15) is 19.3 Å². The third-order valence-electron chi connectivity index (χ3n) is 3.25. The summed E-state index contributed by atoms with van der Waals surface area (Å²) >= 11 is 0. The SMILES string of the molecule is NC(=O)[C@H]1CCCN1C[C@H]1CNC(=O)C1. The Morgan fingerprint density at radius 2 is 2.40 bits per heavy atom. The zero-order valence-electron chi connectivity index (χ0n) is 8.74. The number of carbonyl (C=O) groups is 2. The molecule has 2 heterocycles. The van der Waals surface area contributed by atoms with E-state index >= 15 is 0 Å². The standard InChI is InChI=1S/C10H17N3O2/c11-10(15)8-2-1-3-13(8)6-7-4-9(14)12-5-7/h7-8H,1-6H2,(H2,11,15)(H,12,14)/t7-,8-/m1/s1. The fraction of sp³-hybridized carbons (Fsp3) is 0.800.